The van der Waals surface area contributed by atoms with Crippen LogP contribution in [0.5, 0.6) is 11.5 Å². The van der Waals surface area contributed by atoms with Gasteiger partial charge in [0.05, 0.1) is 5.57 Å². The highest BCUT2D eigenvalue weighted by atomic mass is 35.5. The van der Waals surface area contributed by atoms with Gasteiger partial charge in [-0.15, -0.1) is 0 Å². The van der Waals surface area contributed by atoms with Crippen molar-refractivity contribution in [1.29, 1.82) is 0 Å². The van der Waals surface area contributed by atoms with Crippen LogP contribution in [0, 0.1) is 0 Å². The van der Waals surface area contributed by atoms with E-state index in [-0.39, 0.29) is 17.1 Å². The quantitative estimate of drug-likeness (QED) is 0.561. The number of carbonyl (C=O) groups is 1. The van der Waals surface area contributed by atoms with Crippen LogP contribution in [0.25, 0.3) is 6.08 Å². The SMILES string of the molecule is CCc1cc(O)ccc1Cl.CCc1cc2c(cc1Cl)C=C(C(=O)O)C(C(F)(F)F)O2. The molecule has 0 saturated carbocycles. The fourth-order valence-electron chi connectivity index (χ4n) is 2.78. The number of phenolic OH excluding ortho intramolecular Hbond substituents is 1. The number of carboxylic acid groups (broad SMARTS) is 1. The van der Waals surface area contributed by atoms with Crippen molar-refractivity contribution in [3.63, 3.8) is 0 Å². The van der Waals surface area contributed by atoms with Gasteiger partial charge >= 0.3 is 12.1 Å². The first-order valence-electron chi connectivity index (χ1n) is 8.95. The highest BCUT2D eigenvalue weighted by molar-refractivity contribution is 6.31. The Morgan fingerprint density at radius 2 is 1.67 bits per heavy atom. The molecule has 0 radical (unpaired) electrons. The topological polar surface area (TPSA) is 66.8 Å². The number of aromatic hydroxyl groups is 1. The molecule has 1 aliphatic rings. The van der Waals surface area contributed by atoms with Gasteiger partial charge in [-0.25, -0.2) is 4.79 Å². The number of hydrogen-bond acceptors (Lipinski definition) is 3. The van der Waals surface area contributed by atoms with Gasteiger partial charge in [0.25, 0.3) is 0 Å². The van der Waals surface area contributed by atoms with E-state index in [4.69, 9.17) is 38.2 Å². The number of carboxylic acids is 1. The van der Waals surface area contributed by atoms with E-state index < -0.39 is 23.8 Å². The Labute approximate surface area is 181 Å². The molecule has 0 amide bonds. The zero-order valence-corrected chi connectivity index (χ0v) is 17.6. The van der Waals surface area contributed by atoms with Crippen LogP contribution in [0.4, 0.5) is 13.2 Å². The number of halogens is 5. The fraction of sp³-hybridized carbons (Fsp3) is 0.286. The molecule has 0 fully saturated rings. The first kappa shape index (κ1) is 23.9. The molecule has 4 nitrogen and oxygen atoms in total. The van der Waals surface area contributed by atoms with Gasteiger partial charge in [0, 0.05) is 15.6 Å². The van der Waals surface area contributed by atoms with Crippen molar-refractivity contribution < 1.29 is 32.9 Å². The zero-order chi connectivity index (χ0) is 22.6. The molecule has 2 aromatic carbocycles. The summed E-state index contributed by atoms with van der Waals surface area (Å²) in [7, 11) is 0. The largest absolute Gasteiger partial charge is 0.508 e. The third kappa shape index (κ3) is 5.61. The second kappa shape index (κ2) is 9.62. The molecule has 0 spiro atoms. The molecule has 0 saturated heterocycles. The van der Waals surface area contributed by atoms with Crippen molar-refractivity contribution in [2.24, 2.45) is 0 Å². The minimum absolute atomic E-state index is 0.0152. The Kier molecular flexibility index (Phi) is 7.66. The average Bonchev–Trinajstić information content (AvgIpc) is 2.68. The number of hydrogen-bond donors (Lipinski definition) is 2. The molecule has 9 heteroatoms. The number of rotatable bonds is 3. The predicted molar refractivity (Wildman–Crippen MR) is 109 cm³/mol. The van der Waals surface area contributed by atoms with Gasteiger partial charge in [0.1, 0.15) is 11.5 Å². The van der Waals surface area contributed by atoms with Gasteiger partial charge < -0.3 is 14.9 Å². The molecular formula is C21H19Cl2F3O4. The Morgan fingerprint density at radius 3 is 2.17 bits per heavy atom. The van der Waals surface area contributed by atoms with Crippen LogP contribution in [0.2, 0.25) is 10.0 Å². The second-order valence-corrected chi connectivity index (χ2v) is 7.22. The summed E-state index contributed by atoms with van der Waals surface area (Å²) in [6.45, 7) is 3.80. The van der Waals surface area contributed by atoms with Gasteiger partial charge in [-0.3, -0.25) is 0 Å². The number of alkyl halides is 3. The molecule has 2 aromatic rings. The first-order chi connectivity index (χ1) is 14.0. The van der Waals surface area contributed by atoms with E-state index in [0.717, 1.165) is 23.1 Å². The fourth-order valence-corrected chi connectivity index (χ4v) is 3.34. The molecule has 3 rings (SSSR count). The lowest BCUT2D eigenvalue weighted by Gasteiger charge is -2.27. The number of fused-ring (bicyclic) bond motifs is 1. The summed E-state index contributed by atoms with van der Waals surface area (Å²) in [4.78, 5) is 10.9. The monoisotopic (exact) mass is 462 g/mol. The van der Waals surface area contributed by atoms with E-state index >= 15 is 0 Å². The lowest BCUT2D eigenvalue weighted by Crippen LogP contribution is -2.40. The lowest BCUT2D eigenvalue weighted by molar-refractivity contribution is -0.187. The Morgan fingerprint density at radius 1 is 1.07 bits per heavy atom. The first-order valence-corrected chi connectivity index (χ1v) is 9.71. The number of benzene rings is 2. The van der Waals surface area contributed by atoms with Crippen molar-refractivity contribution in [1.82, 2.24) is 0 Å². The van der Waals surface area contributed by atoms with E-state index in [1.165, 1.54) is 12.1 Å². The summed E-state index contributed by atoms with van der Waals surface area (Å²) in [6, 6.07) is 7.79. The minimum Gasteiger partial charge on any atom is -0.508 e. The summed E-state index contributed by atoms with van der Waals surface area (Å²) in [5.41, 5.74) is 0.996. The Balaban J connectivity index is 0.000000269. The van der Waals surface area contributed by atoms with E-state index in [1.807, 2.05) is 6.92 Å². The molecule has 162 valence electrons. The van der Waals surface area contributed by atoms with Gasteiger partial charge in [-0.1, -0.05) is 37.0 Å². The van der Waals surface area contributed by atoms with Crippen molar-refractivity contribution in [3.05, 3.63) is 62.6 Å². The second-order valence-electron chi connectivity index (χ2n) is 6.41. The number of ether oxygens (including phenoxy) is 1. The third-order valence-electron chi connectivity index (χ3n) is 4.35. The molecular weight excluding hydrogens is 444 g/mol. The molecule has 1 atom stereocenters. The molecule has 1 heterocycles. The molecule has 2 N–H and O–H groups in total. The van der Waals surface area contributed by atoms with Gasteiger partial charge in [0.15, 0.2) is 0 Å². The van der Waals surface area contributed by atoms with Crippen molar-refractivity contribution in [2.45, 2.75) is 39.0 Å². The highest BCUT2D eigenvalue weighted by Gasteiger charge is 2.48. The summed E-state index contributed by atoms with van der Waals surface area (Å²) >= 11 is 11.7. The summed E-state index contributed by atoms with van der Waals surface area (Å²) in [5.74, 6) is -1.41. The van der Waals surface area contributed by atoms with Gasteiger partial charge in [0.2, 0.25) is 6.10 Å². The van der Waals surface area contributed by atoms with E-state index in [1.54, 1.807) is 25.1 Å². The van der Waals surface area contributed by atoms with E-state index in [0.29, 0.717) is 17.0 Å². The average molecular weight is 463 g/mol. The van der Waals surface area contributed by atoms with Crippen LogP contribution in [0.3, 0.4) is 0 Å². The molecule has 0 bridgehead atoms. The lowest BCUT2D eigenvalue weighted by atomic mass is 9.99. The summed E-state index contributed by atoms with van der Waals surface area (Å²) in [6.07, 6.45) is -4.94. The zero-order valence-electron chi connectivity index (χ0n) is 16.1. The predicted octanol–water partition coefficient (Wildman–Crippen LogP) is 6.30. The standard InChI is InChI=1S/C13H10ClF3O3.C8H9ClO/c1-2-6-5-10-7(4-9(6)14)3-8(12(18)19)11(20-10)13(15,16)17;1-2-6-5-7(10)3-4-8(6)9/h3-5,11H,2H2,1H3,(H,18,19);3-5,10H,2H2,1H3. The molecule has 1 unspecified atom stereocenters. The maximum Gasteiger partial charge on any atom is 0.430 e. The van der Waals surface area contributed by atoms with Gasteiger partial charge in [-0.2, -0.15) is 13.2 Å². The van der Waals surface area contributed by atoms with E-state index in [9.17, 15) is 18.0 Å². The highest BCUT2D eigenvalue weighted by Crippen LogP contribution is 2.39. The van der Waals surface area contributed by atoms with Crippen molar-refractivity contribution in [3.8, 4) is 11.5 Å². The number of aliphatic carboxylic acids is 1. The Hall–Kier alpha value is -2.38. The normalized spacial score (nSPS) is 15.3. The van der Waals surface area contributed by atoms with Crippen LogP contribution >= 0.6 is 23.2 Å². The van der Waals surface area contributed by atoms with Gasteiger partial charge in [-0.05, 0) is 60.4 Å². The summed E-state index contributed by atoms with van der Waals surface area (Å²) < 4.78 is 43.4. The molecule has 30 heavy (non-hydrogen) atoms. The van der Waals surface area contributed by atoms with Crippen LogP contribution in [0.15, 0.2) is 35.9 Å². The van der Waals surface area contributed by atoms with Crippen LogP contribution in [-0.4, -0.2) is 28.5 Å². The van der Waals surface area contributed by atoms with Crippen molar-refractivity contribution in [2.75, 3.05) is 0 Å². The summed E-state index contributed by atoms with van der Waals surface area (Å²) in [5, 5.41) is 19.0. The minimum atomic E-state index is -4.80. The third-order valence-corrected chi connectivity index (χ3v) is 5.07. The molecule has 0 aromatic heterocycles. The Bertz CT molecular complexity index is 971. The smallest absolute Gasteiger partial charge is 0.430 e. The van der Waals surface area contributed by atoms with E-state index in [2.05, 4.69) is 0 Å². The van der Waals surface area contributed by atoms with Crippen LogP contribution < -0.4 is 4.74 Å². The maximum atomic E-state index is 12.9. The van der Waals surface area contributed by atoms with Crippen LogP contribution in [-0.2, 0) is 17.6 Å². The maximum absolute atomic E-state index is 12.9. The number of aryl methyl sites for hydroxylation is 2. The molecule has 0 aliphatic carbocycles. The molecule has 1 aliphatic heterocycles. The van der Waals surface area contributed by atoms with Crippen LogP contribution in [0.1, 0.15) is 30.5 Å². The number of phenols is 1. The van der Waals surface area contributed by atoms with Crippen molar-refractivity contribution >= 4 is 35.2 Å².